The van der Waals surface area contributed by atoms with Crippen LogP contribution >= 0.6 is 0 Å². The van der Waals surface area contributed by atoms with Gasteiger partial charge in [0.2, 0.25) is 5.95 Å². The van der Waals surface area contributed by atoms with Gasteiger partial charge < -0.3 is 25.3 Å². The monoisotopic (exact) mass is 479 g/mol. The van der Waals surface area contributed by atoms with Crippen molar-refractivity contribution in [1.82, 2.24) is 15.3 Å². The molecule has 1 unspecified atom stereocenters. The van der Waals surface area contributed by atoms with E-state index < -0.39 is 23.4 Å². The van der Waals surface area contributed by atoms with Crippen LogP contribution in [0.2, 0.25) is 0 Å². The average molecular weight is 480 g/mol. The van der Waals surface area contributed by atoms with Crippen LogP contribution in [0.1, 0.15) is 58.4 Å². The highest BCUT2D eigenvalue weighted by Crippen LogP contribution is 2.39. The molecule has 3 rings (SSSR count). The molecule has 2 N–H and O–H groups in total. The first-order chi connectivity index (χ1) is 15.9. The highest BCUT2D eigenvalue weighted by atomic mass is 19.4. The number of benzene rings is 1. The van der Waals surface area contributed by atoms with Gasteiger partial charge in [0.05, 0.1) is 16.8 Å². The molecule has 0 bridgehead atoms. The Kier molecular flexibility index (Phi) is 7.89. The van der Waals surface area contributed by atoms with Crippen molar-refractivity contribution >= 4 is 12.0 Å². The summed E-state index contributed by atoms with van der Waals surface area (Å²) in [5.74, 6) is 0.0792. The molecule has 1 aliphatic carbocycles. The number of hydrogen-bond donors (Lipinski definition) is 2. The maximum absolute atomic E-state index is 13.9. The Morgan fingerprint density at radius 1 is 1.24 bits per heavy atom. The quantitative estimate of drug-likeness (QED) is 0.544. The van der Waals surface area contributed by atoms with Crippen molar-refractivity contribution in [3.05, 3.63) is 36.0 Å². The molecule has 0 spiro atoms. The van der Waals surface area contributed by atoms with E-state index in [0.29, 0.717) is 18.1 Å². The molecule has 0 radical (unpaired) electrons. The number of anilines is 1. The fraction of sp³-hybridized carbons (Fsp3) is 0.542. The number of halogens is 3. The number of ether oxygens (including phenoxy) is 1. The zero-order valence-electron chi connectivity index (χ0n) is 19.5. The zero-order valence-corrected chi connectivity index (χ0v) is 19.5. The van der Waals surface area contributed by atoms with Gasteiger partial charge in [-0.3, -0.25) is 0 Å². The molecular weight excluding hydrogens is 449 g/mol. The fourth-order valence-corrected chi connectivity index (χ4v) is 4.41. The third-order valence-electron chi connectivity index (χ3n) is 5.73. The van der Waals surface area contributed by atoms with E-state index in [2.05, 4.69) is 20.6 Å². The van der Waals surface area contributed by atoms with Gasteiger partial charge in [0.15, 0.2) is 0 Å². The molecule has 7 nitrogen and oxygen atoms in total. The molecule has 1 aromatic carbocycles. The van der Waals surface area contributed by atoms with Gasteiger partial charge in [-0.1, -0.05) is 26.7 Å². The van der Waals surface area contributed by atoms with E-state index in [4.69, 9.17) is 4.74 Å². The third kappa shape index (κ3) is 6.98. The Balaban J connectivity index is 1.85. The molecular formula is C24H30F3N4O3-. The van der Waals surface area contributed by atoms with Gasteiger partial charge in [0.25, 0.3) is 0 Å². The maximum atomic E-state index is 13.9. The lowest BCUT2D eigenvalue weighted by molar-refractivity contribution is -0.253. The molecule has 1 amide bonds. The highest BCUT2D eigenvalue weighted by Gasteiger charge is 2.36. The SMILES string of the molecule is CC(C)CC(C)(COc1ccc(-c2ccnc(NC3CCCC3)n2)cc1C(F)(F)F)NC(=O)[O-]. The molecule has 0 aliphatic heterocycles. The summed E-state index contributed by atoms with van der Waals surface area (Å²) in [7, 11) is 0. The molecule has 1 fully saturated rings. The molecule has 0 saturated heterocycles. The Bertz CT molecular complexity index is 994. The fourth-order valence-electron chi connectivity index (χ4n) is 4.41. The molecule has 34 heavy (non-hydrogen) atoms. The smallest absolute Gasteiger partial charge is 0.419 e. The van der Waals surface area contributed by atoms with Crippen LogP contribution in [0.3, 0.4) is 0 Å². The molecule has 1 aliphatic rings. The number of nitrogens with zero attached hydrogens (tertiary/aromatic N) is 2. The number of carboxylic acid groups (broad SMARTS) is 1. The van der Waals surface area contributed by atoms with Crippen LogP contribution < -0.4 is 20.5 Å². The number of nitrogens with one attached hydrogen (secondary N) is 2. The summed E-state index contributed by atoms with van der Waals surface area (Å²) in [5, 5.41) is 16.6. The van der Waals surface area contributed by atoms with Crippen LogP contribution in [0, 0.1) is 5.92 Å². The largest absolute Gasteiger partial charge is 0.530 e. The summed E-state index contributed by atoms with van der Waals surface area (Å²) in [6, 6.07) is 5.55. The van der Waals surface area contributed by atoms with E-state index in [1.807, 2.05) is 13.8 Å². The summed E-state index contributed by atoms with van der Waals surface area (Å²) < 4.78 is 47.2. The van der Waals surface area contributed by atoms with E-state index in [9.17, 15) is 23.1 Å². The minimum absolute atomic E-state index is 0.0784. The van der Waals surface area contributed by atoms with Gasteiger partial charge in [-0.2, -0.15) is 13.2 Å². The first kappa shape index (κ1) is 25.6. The first-order valence-electron chi connectivity index (χ1n) is 11.4. The maximum Gasteiger partial charge on any atom is 0.419 e. The van der Waals surface area contributed by atoms with Crippen LogP contribution in [-0.2, 0) is 6.18 Å². The number of rotatable bonds is 9. The van der Waals surface area contributed by atoms with E-state index in [-0.39, 0.29) is 29.9 Å². The van der Waals surface area contributed by atoms with Crippen molar-refractivity contribution in [3.8, 4) is 17.0 Å². The number of amides is 1. The van der Waals surface area contributed by atoms with Crippen molar-refractivity contribution in [2.75, 3.05) is 11.9 Å². The minimum atomic E-state index is -4.68. The van der Waals surface area contributed by atoms with E-state index >= 15 is 0 Å². The summed E-state index contributed by atoms with van der Waals surface area (Å²) in [4.78, 5) is 19.7. The summed E-state index contributed by atoms with van der Waals surface area (Å²) in [5.41, 5.74) is -1.44. The van der Waals surface area contributed by atoms with Crippen molar-refractivity contribution < 1.29 is 27.8 Å². The van der Waals surface area contributed by atoms with Crippen LogP contribution in [0.15, 0.2) is 30.5 Å². The number of carbonyl (C=O) groups excluding carboxylic acids is 1. The Morgan fingerprint density at radius 3 is 2.56 bits per heavy atom. The minimum Gasteiger partial charge on any atom is -0.530 e. The second-order valence-electron chi connectivity index (χ2n) is 9.46. The lowest BCUT2D eigenvalue weighted by Crippen LogP contribution is -2.55. The summed E-state index contributed by atoms with van der Waals surface area (Å²) in [6.07, 6.45) is -0.0345. The van der Waals surface area contributed by atoms with E-state index in [1.165, 1.54) is 18.3 Å². The average Bonchev–Trinajstić information content (AvgIpc) is 3.23. The van der Waals surface area contributed by atoms with Crippen molar-refractivity contribution in [2.24, 2.45) is 5.92 Å². The summed E-state index contributed by atoms with van der Waals surface area (Å²) >= 11 is 0. The first-order valence-corrected chi connectivity index (χ1v) is 11.4. The zero-order chi connectivity index (χ0) is 24.9. The number of aromatic nitrogens is 2. The molecule has 1 atom stereocenters. The second-order valence-corrected chi connectivity index (χ2v) is 9.46. The van der Waals surface area contributed by atoms with Gasteiger partial charge in [-0.15, -0.1) is 0 Å². The van der Waals surface area contributed by atoms with Crippen molar-refractivity contribution in [2.45, 2.75) is 70.6 Å². The molecule has 1 saturated carbocycles. The Hall–Kier alpha value is -3.04. The summed E-state index contributed by atoms with van der Waals surface area (Å²) in [6.45, 7) is 5.04. The number of hydrogen-bond acceptors (Lipinski definition) is 6. The molecule has 2 aromatic rings. The predicted octanol–water partition coefficient (Wildman–Crippen LogP) is 4.63. The third-order valence-corrected chi connectivity index (χ3v) is 5.73. The number of carbonyl (C=O) groups is 1. The van der Waals surface area contributed by atoms with Gasteiger partial charge in [-0.25, -0.2) is 9.97 Å². The van der Waals surface area contributed by atoms with Gasteiger partial charge in [0.1, 0.15) is 18.4 Å². The van der Waals surface area contributed by atoms with E-state index in [1.54, 1.807) is 13.0 Å². The van der Waals surface area contributed by atoms with Gasteiger partial charge >= 0.3 is 6.18 Å². The molecule has 10 heteroatoms. The van der Waals surface area contributed by atoms with Crippen LogP contribution in [-0.4, -0.2) is 34.2 Å². The van der Waals surface area contributed by atoms with Gasteiger partial charge in [0, 0.05) is 17.8 Å². The van der Waals surface area contributed by atoms with Crippen LogP contribution in [0.25, 0.3) is 11.3 Å². The predicted molar refractivity (Wildman–Crippen MR) is 120 cm³/mol. The van der Waals surface area contributed by atoms with Crippen LogP contribution in [0.4, 0.5) is 23.9 Å². The standard InChI is InChI=1S/C24H31F3N4O3/c1-15(2)13-23(3,31-22(32)33)14-34-20-9-8-16(12-18(20)24(25,26)27)19-10-11-28-21(30-19)29-17-6-4-5-7-17/h8-12,15,17,31H,4-7,13-14H2,1-3H3,(H,32,33)(H,28,29,30)/p-1. The highest BCUT2D eigenvalue weighted by molar-refractivity contribution is 5.64. The lowest BCUT2D eigenvalue weighted by atomic mass is 9.91. The van der Waals surface area contributed by atoms with Crippen molar-refractivity contribution in [1.29, 1.82) is 0 Å². The Morgan fingerprint density at radius 2 is 1.94 bits per heavy atom. The van der Waals surface area contributed by atoms with Crippen LogP contribution in [0.5, 0.6) is 5.75 Å². The normalized spacial score (nSPS) is 16.3. The molecule has 1 aromatic heterocycles. The van der Waals surface area contributed by atoms with Gasteiger partial charge in [-0.05, 0) is 56.4 Å². The lowest BCUT2D eigenvalue weighted by Gasteiger charge is -2.34. The van der Waals surface area contributed by atoms with Crippen molar-refractivity contribution in [3.63, 3.8) is 0 Å². The molecule has 186 valence electrons. The molecule has 1 heterocycles. The van der Waals surface area contributed by atoms with E-state index in [0.717, 1.165) is 31.7 Å². The number of alkyl halides is 3. The topological polar surface area (TPSA) is 99.2 Å². The Labute approximate surface area is 197 Å². The second kappa shape index (κ2) is 10.5.